The molecule has 3 heteroatoms. The Morgan fingerprint density at radius 1 is 1.00 bits per heavy atom. The molecule has 0 aromatic heterocycles. The first kappa shape index (κ1) is 10.9. The van der Waals surface area contributed by atoms with Gasteiger partial charge in [0, 0.05) is 12.0 Å². The highest BCUT2D eigenvalue weighted by atomic mass is 16.7. The van der Waals surface area contributed by atoms with Gasteiger partial charge in [-0.2, -0.15) is 0 Å². The van der Waals surface area contributed by atoms with Crippen molar-refractivity contribution in [3.8, 4) is 11.5 Å². The van der Waals surface area contributed by atoms with Crippen LogP contribution in [0.5, 0.6) is 11.5 Å². The van der Waals surface area contributed by atoms with E-state index in [0.717, 1.165) is 12.0 Å². The summed E-state index contributed by atoms with van der Waals surface area (Å²) in [6, 6.07) is 15.5. The minimum Gasteiger partial charge on any atom is -0.475 e. The number of aryl methyl sites for hydroxylation is 1. The van der Waals surface area contributed by atoms with E-state index in [0.29, 0.717) is 17.9 Å². The molecule has 1 N–H and O–H groups in total. The fourth-order valence-corrected chi connectivity index (χ4v) is 2.91. The van der Waals surface area contributed by atoms with Gasteiger partial charge in [0.1, 0.15) is 0 Å². The number of hydrogen-bond donors (Lipinski definition) is 1. The van der Waals surface area contributed by atoms with Crippen LogP contribution in [0.2, 0.25) is 0 Å². The van der Waals surface area contributed by atoms with Crippen LogP contribution in [0.3, 0.4) is 0 Å². The van der Waals surface area contributed by atoms with E-state index in [1.54, 1.807) is 0 Å². The van der Waals surface area contributed by atoms with E-state index in [1.807, 2.05) is 42.5 Å². The smallest absolute Gasteiger partial charge is 0.250 e. The van der Waals surface area contributed by atoms with Crippen molar-refractivity contribution in [3.05, 3.63) is 59.7 Å². The van der Waals surface area contributed by atoms with Crippen LogP contribution in [-0.2, 0) is 6.42 Å². The molecule has 1 aliphatic heterocycles. The van der Waals surface area contributed by atoms with Crippen LogP contribution < -0.4 is 9.47 Å². The lowest BCUT2D eigenvalue weighted by Gasteiger charge is -2.44. The largest absolute Gasteiger partial charge is 0.475 e. The molecular weight excluding hydrogens is 240 g/mol. The van der Waals surface area contributed by atoms with Gasteiger partial charge in [0.15, 0.2) is 17.6 Å². The van der Waals surface area contributed by atoms with Gasteiger partial charge in [0.25, 0.3) is 0 Å². The van der Waals surface area contributed by atoms with E-state index >= 15 is 0 Å². The van der Waals surface area contributed by atoms with E-state index < -0.39 is 11.9 Å². The summed E-state index contributed by atoms with van der Waals surface area (Å²) in [5.41, 5.74) is 2.24. The van der Waals surface area contributed by atoms with Crippen molar-refractivity contribution in [2.75, 3.05) is 0 Å². The van der Waals surface area contributed by atoms with Gasteiger partial charge in [-0.15, -0.1) is 0 Å². The van der Waals surface area contributed by atoms with Crippen molar-refractivity contribution in [1.82, 2.24) is 0 Å². The molecule has 1 heterocycles. The highest BCUT2D eigenvalue weighted by Crippen LogP contribution is 2.48. The summed E-state index contributed by atoms with van der Waals surface area (Å²) < 4.78 is 11.8. The van der Waals surface area contributed by atoms with Crippen LogP contribution in [-0.4, -0.2) is 10.9 Å². The van der Waals surface area contributed by atoms with Gasteiger partial charge in [-0.1, -0.05) is 36.4 Å². The number of rotatable bonds is 0. The molecule has 0 spiro atoms. The maximum Gasteiger partial charge on any atom is 0.250 e. The summed E-state index contributed by atoms with van der Waals surface area (Å²) in [6.07, 6.45) is 0.893. The first-order chi connectivity index (χ1) is 9.26. The fourth-order valence-electron chi connectivity index (χ4n) is 2.91. The number of hydrogen-bond acceptors (Lipinski definition) is 3. The molecule has 2 aromatic carbocycles. The lowest BCUT2D eigenvalue weighted by Crippen LogP contribution is -2.50. The monoisotopic (exact) mass is 254 g/mol. The predicted molar refractivity (Wildman–Crippen MR) is 70.2 cm³/mol. The highest BCUT2D eigenvalue weighted by molar-refractivity contribution is 5.44. The second-order valence-electron chi connectivity index (χ2n) is 5.09. The molecule has 0 fully saturated rings. The lowest BCUT2D eigenvalue weighted by molar-refractivity contribution is -0.223. The quantitative estimate of drug-likeness (QED) is 0.785. The summed E-state index contributed by atoms with van der Waals surface area (Å²) in [4.78, 5) is 0. The zero-order valence-electron chi connectivity index (χ0n) is 10.4. The summed E-state index contributed by atoms with van der Waals surface area (Å²) in [6.45, 7) is 0. The van der Waals surface area contributed by atoms with Crippen molar-refractivity contribution in [2.24, 2.45) is 0 Å². The van der Waals surface area contributed by atoms with Crippen LogP contribution in [0.15, 0.2) is 48.5 Å². The Bertz CT molecular complexity index is 637. The molecule has 19 heavy (non-hydrogen) atoms. The highest BCUT2D eigenvalue weighted by Gasteiger charge is 2.49. The first-order valence-corrected chi connectivity index (χ1v) is 6.51. The van der Waals surface area contributed by atoms with Gasteiger partial charge < -0.3 is 14.6 Å². The molecule has 1 aliphatic carbocycles. The van der Waals surface area contributed by atoms with E-state index in [9.17, 15) is 5.11 Å². The van der Waals surface area contributed by atoms with E-state index in [-0.39, 0.29) is 0 Å². The molecule has 0 saturated carbocycles. The van der Waals surface area contributed by atoms with Gasteiger partial charge in [-0.25, -0.2) is 0 Å². The molecule has 0 bridgehead atoms. The molecule has 2 atom stereocenters. The predicted octanol–water partition coefficient (Wildman–Crippen LogP) is 2.83. The summed E-state index contributed by atoms with van der Waals surface area (Å²) in [5, 5.41) is 10.7. The molecule has 4 rings (SSSR count). The number of fused-ring (bicyclic) bond motifs is 4. The van der Waals surface area contributed by atoms with Crippen molar-refractivity contribution >= 4 is 0 Å². The number of para-hydroxylation sites is 2. The Labute approximate surface area is 111 Å². The Hall–Kier alpha value is -2.00. The van der Waals surface area contributed by atoms with Crippen LogP contribution in [0.25, 0.3) is 0 Å². The van der Waals surface area contributed by atoms with Crippen LogP contribution in [0.4, 0.5) is 0 Å². The summed E-state index contributed by atoms with van der Waals surface area (Å²) in [5.74, 6) is 0.0393. The van der Waals surface area contributed by atoms with Crippen LogP contribution in [0, 0.1) is 0 Å². The third-order valence-corrected chi connectivity index (χ3v) is 3.88. The molecular formula is C16H14O3. The Balaban J connectivity index is 1.85. The topological polar surface area (TPSA) is 38.7 Å². The van der Waals surface area contributed by atoms with Crippen molar-refractivity contribution in [1.29, 1.82) is 0 Å². The zero-order chi connectivity index (χ0) is 12.9. The van der Waals surface area contributed by atoms with Gasteiger partial charge in [0.2, 0.25) is 5.79 Å². The summed E-state index contributed by atoms with van der Waals surface area (Å²) >= 11 is 0. The average molecular weight is 254 g/mol. The third kappa shape index (κ3) is 1.55. The normalized spacial score (nSPS) is 27.3. The van der Waals surface area contributed by atoms with Crippen molar-refractivity contribution in [3.63, 3.8) is 0 Å². The molecule has 3 nitrogen and oxygen atoms in total. The fraction of sp³-hybridized carbons (Fsp3) is 0.250. The maximum atomic E-state index is 10.7. The Kier molecular flexibility index (Phi) is 2.15. The summed E-state index contributed by atoms with van der Waals surface area (Å²) in [7, 11) is 0. The van der Waals surface area contributed by atoms with E-state index in [1.165, 1.54) is 5.56 Å². The lowest BCUT2D eigenvalue weighted by atomic mass is 9.84. The standard InChI is InChI=1S/C16H14O3/c17-16-10-9-11-5-1-2-6-12(11)15(16)18-13-7-3-4-8-14(13)19-16/h1-8,15,17H,9-10H2. The Morgan fingerprint density at radius 2 is 1.74 bits per heavy atom. The minimum atomic E-state index is -1.26. The first-order valence-electron chi connectivity index (χ1n) is 6.51. The second kappa shape index (κ2) is 3.75. The van der Waals surface area contributed by atoms with Gasteiger partial charge >= 0.3 is 0 Å². The SMILES string of the molecule is OC12CCc3ccccc3C1Oc1ccccc1O2. The molecule has 0 amide bonds. The number of ether oxygens (including phenoxy) is 2. The molecule has 2 unspecified atom stereocenters. The van der Waals surface area contributed by atoms with Crippen LogP contribution >= 0.6 is 0 Å². The minimum absolute atomic E-state index is 0.452. The molecule has 2 aliphatic rings. The van der Waals surface area contributed by atoms with E-state index in [2.05, 4.69) is 6.07 Å². The van der Waals surface area contributed by atoms with E-state index in [4.69, 9.17) is 9.47 Å². The second-order valence-corrected chi connectivity index (χ2v) is 5.09. The third-order valence-electron chi connectivity index (χ3n) is 3.88. The van der Waals surface area contributed by atoms with Crippen LogP contribution in [0.1, 0.15) is 23.7 Å². The van der Waals surface area contributed by atoms with Crippen molar-refractivity contribution in [2.45, 2.75) is 24.7 Å². The molecule has 2 aromatic rings. The molecule has 0 saturated heterocycles. The number of benzene rings is 2. The molecule has 0 radical (unpaired) electrons. The Morgan fingerprint density at radius 3 is 2.63 bits per heavy atom. The van der Waals surface area contributed by atoms with Gasteiger partial charge in [-0.05, 0) is 24.1 Å². The van der Waals surface area contributed by atoms with Crippen molar-refractivity contribution < 1.29 is 14.6 Å². The maximum absolute atomic E-state index is 10.7. The van der Waals surface area contributed by atoms with Gasteiger partial charge in [-0.3, -0.25) is 0 Å². The average Bonchev–Trinajstić information content (AvgIpc) is 2.45. The molecule has 96 valence electrons. The van der Waals surface area contributed by atoms with Gasteiger partial charge in [0.05, 0.1) is 0 Å². The number of aliphatic hydroxyl groups is 1. The zero-order valence-corrected chi connectivity index (χ0v) is 10.4.